The van der Waals surface area contributed by atoms with Crippen LogP contribution in [0, 0.1) is 0 Å². The highest BCUT2D eigenvalue weighted by Crippen LogP contribution is 2.22. The molecule has 0 unspecified atom stereocenters. The maximum Gasteiger partial charge on any atom is 0.274 e. The van der Waals surface area contributed by atoms with Gasteiger partial charge >= 0.3 is 0 Å². The van der Waals surface area contributed by atoms with Gasteiger partial charge in [0.15, 0.2) is 0 Å². The predicted octanol–water partition coefficient (Wildman–Crippen LogP) is 3.11. The first kappa shape index (κ1) is 18.0. The number of nitrogens with one attached hydrogen (secondary N) is 2. The summed E-state index contributed by atoms with van der Waals surface area (Å²) in [6, 6.07) is 15.7. The molecular weight excluding hydrogens is 354 g/mol. The van der Waals surface area contributed by atoms with Crippen molar-refractivity contribution in [2.24, 2.45) is 0 Å². The average molecular weight is 377 g/mol. The number of H-pyrrole nitrogens is 1. The van der Waals surface area contributed by atoms with Crippen molar-refractivity contribution >= 4 is 17.3 Å². The molecule has 0 atom stereocenters. The van der Waals surface area contributed by atoms with Crippen LogP contribution < -0.4 is 20.5 Å². The minimum atomic E-state index is -0.248. The van der Waals surface area contributed by atoms with Gasteiger partial charge in [-0.3, -0.25) is 9.78 Å². The maximum absolute atomic E-state index is 12.4. The molecule has 144 valence electrons. The molecule has 3 aromatic rings. The third kappa shape index (κ3) is 4.14. The summed E-state index contributed by atoms with van der Waals surface area (Å²) >= 11 is 0. The molecule has 2 heterocycles. The van der Waals surface area contributed by atoms with Crippen LogP contribution >= 0.6 is 0 Å². The molecule has 2 aromatic carbocycles. The fraction of sp³-hybridized carbons (Fsp3) is 0.286. The summed E-state index contributed by atoms with van der Waals surface area (Å²) in [5.74, 6) is 1.11. The second-order valence-electron chi connectivity index (χ2n) is 6.84. The summed E-state index contributed by atoms with van der Waals surface area (Å²) in [5.41, 5.74) is 3.18. The molecule has 7 heteroatoms. The molecule has 0 amide bonds. The van der Waals surface area contributed by atoms with Gasteiger partial charge in [0, 0.05) is 30.9 Å². The number of anilines is 3. The van der Waals surface area contributed by atoms with Gasteiger partial charge in [-0.1, -0.05) is 12.1 Å². The van der Waals surface area contributed by atoms with Gasteiger partial charge in [0.05, 0.1) is 7.11 Å². The number of benzene rings is 2. The molecule has 4 rings (SSSR count). The van der Waals surface area contributed by atoms with E-state index >= 15 is 0 Å². The fourth-order valence-corrected chi connectivity index (χ4v) is 3.34. The number of aromatic nitrogens is 3. The Morgan fingerprint density at radius 3 is 2.39 bits per heavy atom. The van der Waals surface area contributed by atoms with E-state index in [4.69, 9.17) is 4.74 Å². The fourth-order valence-electron chi connectivity index (χ4n) is 3.34. The Hall–Kier alpha value is -3.35. The Kier molecular flexibility index (Phi) is 5.23. The van der Waals surface area contributed by atoms with Gasteiger partial charge in [0.25, 0.3) is 5.56 Å². The van der Waals surface area contributed by atoms with Crippen molar-refractivity contribution in [1.29, 1.82) is 0 Å². The third-order valence-electron chi connectivity index (χ3n) is 4.90. The number of nitrogens with zero attached hydrogens (tertiary/aromatic N) is 3. The van der Waals surface area contributed by atoms with Crippen molar-refractivity contribution in [1.82, 2.24) is 15.2 Å². The molecule has 1 aromatic heterocycles. The van der Waals surface area contributed by atoms with Crippen molar-refractivity contribution in [3.05, 3.63) is 70.1 Å². The SMILES string of the molecule is COc1ccc(Cc2nnc(Nc3ccc(N4CCCC4)cc3)[nH]c2=O)cc1. The summed E-state index contributed by atoms with van der Waals surface area (Å²) < 4.78 is 5.14. The van der Waals surface area contributed by atoms with E-state index in [9.17, 15) is 4.79 Å². The lowest BCUT2D eigenvalue weighted by Gasteiger charge is -2.17. The number of methoxy groups -OCH3 is 1. The van der Waals surface area contributed by atoms with E-state index < -0.39 is 0 Å². The van der Waals surface area contributed by atoms with Gasteiger partial charge in [0.2, 0.25) is 5.95 Å². The quantitative estimate of drug-likeness (QED) is 0.687. The second-order valence-corrected chi connectivity index (χ2v) is 6.84. The van der Waals surface area contributed by atoms with Crippen molar-refractivity contribution in [2.75, 3.05) is 30.4 Å². The summed E-state index contributed by atoms with van der Waals surface area (Å²) in [7, 11) is 1.62. The molecule has 1 aliphatic rings. The molecule has 2 N–H and O–H groups in total. The maximum atomic E-state index is 12.4. The molecule has 0 saturated carbocycles. The monoisotopic (exact) mass is 377 g/mol. The molecule has 28 heavy (non-hydrogen) atoms. The Labute approximate surface area is 163 Å². The van der Waals surface area contributed by atoms with E-state index in [1.54, 1.807) is 7.11 Å². The standard InChI is InChI=1S/C21H23N5O2/c1-28-18-10-4-15(5-11-18)14-19-20(27)23-21(25-24-19)22-16-6-8-17(9-7-16)26-12-2-3-13-26/h4-11H,2-3,12-14H2,1H3,(H2,22,23,25,27). The minimum Gasteiger partial charge on any atom is -0.497 e. The van der Waals surface area contributed by atoms with Crippen LogP contribution in [0.5, 0.6) is 5.75 Å². The summed E-state index contributed by atoms with van der Waals surface area (Å²) in [4.78, 5) is 17.5. The first-order valence-corrected chi connectivity index (χ1v) is 9.42. The molecule has 0 aliphatic carbocycles. The van der Waals surface area contributed by atoms with E-state index in [1.165, 1.54) is 18.5 Å². The summed E-state index contributed by atoms with van der Waals surface area (Å²) in [6.07, 6.45) is 2.91. The Balaban J connectivity index is 1.43. The van der Waals surface area contributed by atoms with Crippen molar-refractivity contribution in [3.63, 3.8) is 0 Å². The zero-order valence-electron chi connectivity index (χ0n) is 15.8. The number of hydrogen-bond acceptors (Lipinski definition) is 6. The van der Waals surface area contributed by atoms with Crippen molar-refractivity contribution in [3.8, 4) is 5.75 Å². The van der Waals surface area contributed by atoms with E-state index in [-0.39, 0.29) is 5.56 Å². The molecule has 1 fully saturated rings. The second kappa shape index (κ2) is 8.12. The lowest BCUT2D eigenvalue weighted by molar-refractivity contribution is 0.414. The zero-order chi connectivity index (χ0) is 19.3. The molecular formula is C21H23N5O2. The normalized spacial score (nSPS) is 13.5. The van der Waals surface area contributed by atoms with E-state index in [2.05, 4.69) is 37.5 Å². The first-order valence-electron chi connectivity index (χ1n) is 9.42. The van der Waals surface area contributed by atoms with Crippen LogP contribution in [0.2, 0.25) is 0 Å². The smallest absolute Gasteiger partial charge is 0.274 e. The Morgan fingerprint density at radius 2 is 1.75 bits per heavy atom. The number of rotatable bonds is 6. The molecule has 7 nitrogen and oxygen atoms in total. The number of ether oxygens (including phenoxy) is 1. The lowest BCUT2D eigenvalue weighted by Crippen LogP contribution is -2.19. The van der Waals surface area contributed by atoms with Gasteiger partial charge in [-0.15, -0.1) is 10.2 Å². The van der Waals surface area contributed by atoms with Crippen LogP contribution in [0.25, 0.3) is 0 Å². The van der Waals surface area contributed by atoms with Gasteiger partial charge in [-0.05, 0) is 54.8 Å². The largest absolute Gasteiger partial charge is 0.497 e. The van der Waals surface area contributed by atoms with Crippen LogP contribution in [0.3, 0.4) is 0 Å². The van der Waals surface area contributed by atoms with E-state index in [0.717, 1.165) is 30.1 Å². The van der Waals surface area contributed by atoms with E-state index in [0.29, 0.717) is 18.1 Å². The van der Waals surface area contributed by atoms with Crippen LogP contribution in [-0.4, -0.2) is 35.4 Å². The molecule has 1 saturated heterocycles. The highest BCUT2D eigenvalue weighted by Gasteiger charge is 2.12. The number of aromatic amines is 1. The summed E-state index contributed by atoms with van der Waals surface area (Å²) in [6.45, 7) is 2.22. The Bertz CT molecular complexity index is 977. The van der Waals surface area contributed by atoms with Crippen LogP contribution in [-0.2, 0) is 6.42 Å². The molecule has 1 aliphatic heterocycles. The third-order valence-corrected chi connectivity index (χ3v) is 4.90. The minimum absolute atomic E-state index is 0.248. The van der Waals surface area contributed by atoms with E-state index in [1.807, 2.05) is 36.4 Å². The van der Waals surface area contributed by atoms with Gasteiger partial charge in [-0.2, -0.15) is 0 Å². The highest BCUT2D eigenvalue weighted by atomic mass is 16.5. The predicted molar refractivity (Wildman–Crippen MR) is 110 cm³/mol. The molecule has 0 bridgehead atoms. The topological polar surface area (TPSA) is 83.1 Å². The summed E-state index contributed by atoms with van der Waals surface area (Å²) in [5, 5.41) is 11.3. The lowest BCUT2D eigenvalue weighted by atomic mass is 10.1. The number of hydrogen-bond donors (Lipinski definition) is 2. The molecule has 0 radical (unpaired) electrons. The molecule has 0 spiro atoms. The van der Waals surface area contributed by atoms with Crippen LogP contribution in [0.4, 0.5) is 17.3 Å². The van der Waals surface area contributed by atoms with Gasteiger partial charge in [-0.25, -0.2) is 0 Å². The van der Waals surface area contributed by atoms with Crippen LogP contribution in [0.1, 0.15) is 24.1 Å². The van der Waals surface area contributed by atoms with Crippen molar-refractivity contribution in [2.45, 2.75) is 19.3 Å². The highest BCUT2D eigenvalue weighted by molar-refractivity contribution is 5.59. The van der Waals surface area contributed by atoms with Gasteiger partial charge in [0.1, 0.15) is 11.4 Å². The van der Waals surface area contributed by atoms with Crippen LogP contribution in [0.15, 0.2) is 53.3 Å². The first-order chi connectivity index (χ1) is 13.7. The van der Waals surface area contributed by atoms with Crippen molar-refractivity contribution < 1.29 is 4.74 Å². The average Bonchev–Trinajstić information content (AvgIpc) is 3.26. The van der Waals surface area contributed by atoms with Gasteiger partial charge < -0.3 is 15.0 Å². The Morgan fingerprint density at radius 1 is 1.04 bits per heavy atom. The zero-order valence-corrected chi connectivity index (χ0v) is 15.8.